The van der Waals surface area contributed by atoms with E-state index >= 15 is 0 Å². The Morgan fingerprint density at radius 3 is 3.00 bits per heavy atom. The van der Waals surface area contributed by atoms with E-state index in [1.165, 1.54) is 40.3 Å². The van der Waals surface area contributed by atoms with Crippen LogP contribution in [0, 0.1) is 11.3 Å². The Balaban J connectivity index is 1.30. The lowest BCUT2D eigenvalue weighted by molar-refractivity contribution is -0.130. The van der Waals surface area contributed by atoms with Crippen molar-refractivity contribution in [3.63, 3.8) is 0 Å². The van der Waals surface area contributed by atoms with Crippen molar-refractivity contribution >= 4 is 16.7 Å². The molecule has 7 rings (SSSR count). The maximum absolute atomic E-state index is 12.1. The molecule has 2 unspecified atom stereocenters. The SMILES string of the molecule is CC12CC=C3C=C4CCC(=O)NC[C@]45CC[C@]3(O5)[C@@H]1CCC2c1ccc2ccncc2c1. The Morgan fingerprint density at radius 1 is 1.12 bits per heavy atom. The molecule has 0 radical (unpaired) electrons. The number of pyridine rings is 1. The van der Waals surface area contributed by atoms with Gasteiger partial charge < -0.3 is 10.1 Å². The fraction of sp³-hybridized carbons (Fsp3) is 0.500. The van der Waals surface area contributed by atoms with Crippen LogP contribution in [0.1, 0.15) is 63.4 Å². The number of nitrogens with one attached hydrogen (secondary N) is 1. The summed E-state index contributed by atoms with van der Waals surface area (Å²) in [5.74, 6) is 1.21. The van der Waals surface area contributed by atoms with Gasteiger partial charge in [-0.2, -0.15) is 0 Å². The summed E-state index contributed by atoms with van der Waals surface area (Å²) in [4.78, 5) is 16.5. The Labute approximate surface area is 189 Å². The number of hydrogen-bond donors (Lipinski definition) is 1. The molecule has 5 aliphatic rings. The summed E-state index contributed by atoms with van der Waals surface area (Å²) in [6.07, 6.45) is 15.8. The third-order valence-corrected chi connectivity index (χ3v) is 9.60. The van der Waals surface area contributed by atoms with Crippen molar-refractivity contribution in [3.05, 3.63) is 65.5 Å². The van der Waals surface area contributed by atoms with Crippen LogP contribution < -0.4 is 5.32 Å². The van der Waals surface area contributed by atoms with Crippen molar-refractivity contribution in [2.45, 2.75) is 69.0 Å². The summed E-state index contributed by atoms with van der Waals surface area (Å²) < 4.78 is 7.18. The van der Waals surface area contributed by atoms with Crippen molar-refractivity contribution in [1.82, 2.24) is 10.3 Å². The van der Waals surface area contributed by atoms with Crippen molar-refractivity contribution in [2.75, 3.05) is 6.54 Å². The van der Waals surface area contributed by atoms with E-state index in [9.17, 15) is 4.79 Å². The van der Waals surface area contributed by atoms with E-state index in [1.54, 1.807) is 0 Å². The number of hydrogen-bond acceptors (Lipinski definition) is 3. The van der Waals surface area contributed by atoms with E-state index in [1.807, 2.05) is 12.4 Å². The van der Waals surface area contributed by atoms with Gasteiger partial charge in [0.15, 0.2) is 0 Å². The van der Waals surface area contributed by atoms with Gasteiger partial charge in [-0.25, -0.2) is 0 Å². The van der Waals surface area contributed by atoms with Crippen LogP contribution in [0.2, 0.25) is 0 Å². The van der Waals surface area contributed by atoms with Crippen LogP contribution in [0.3, 0.4) is 0 Å². The van der Waals surface area contributed by atoms with Crippen LogP contribution in [0.25, 0.3) is 10.8 Å². The van der Waals surface area contributed by atoms with Gasteiger partial charge in [-0.1, -0.05) is 31.2 Å². The number of nitrogens with zero attached hydrogens (tertiary/aromatic N) is 1. The van der Waals surface area contributed by atoms with Gasteiger partial charge in [0.25, 0.3) is 0 Å². The lowest BCUT2D eigenvalue weighted by Crippen LogP contribution is -2.54. The van der Waals surface area contributed by atoms with Crippen LogP contribution in [-0.4, -0.2) is 28.6 Å². The van der Waals surface area contributed by atoms with Crippen LogP contribution in [-0.2, 0) is 9.53 Å². The summed E-state index contributed by atoms with van der Waals surface area (Å²) in [7, 11) is 0. The molecule has 32 heavy (non-hydrogen) atoms. The van der Waals surface area contributed by atoms with Gasteiger partial charge in [-0.3, -0.25) is 9.78 Å². The molecule has 3 aliphatic heterocycles. The molecule has 2 aliphatic carbocycles. The predicted molar refractivity (Wildman–Crippen MR) is 124 cm³/mol. The third-order valence-electron chi connectivity index (χ3n) is 9.60. The highest BCUT2D eigenvalue weighted by atomic mass is 16.5. The van der Waals surface area contributed by atoms with Crippen LogP contribution >= 0.6 is 0 Å². The molecule has 1 aromatic carbocycles. The van der Waals surface area contributed by atoms with Gasteiger partial charge in [-0.05, 0) is 90.0 Å². The van der Waals surface area contributed by atoms with Gasteiger partial charge in [0.1, 0.15) is 5.60 Å². The predicted octanol–water partition coefficient (Wildman–Crippen LogP) is 5.20. The number of rotatable bonds is 1. The second-order valence-electron chi connectivity index (χ2n) is 11.0. The maximum atomic E-state index is 12.1. The molecule has 4 heteroatoms. The molecule has 4 nitrogen and oxygen atoms in total. The van der Waals surface area contributed by atoms with Crippen LogP contribution in [0.15, 0.2) is 60.0 Å². The summed E-state index contributed by atoms with van der Waals surface area (Å²) >= 11 is 0. The number of carbonyl (C=O) groups excluding carboxylic acids is 1. The van der Waals surface area contributed by atoms with Gasteiger partial charge in [0.05, 0.1) is 12.1 Å². The van der Waals surface area contributed by atoms with Gasteiger partial charge >= 0.3 is 0 Å². The number of carbonyl (C=O) groups is 1. The number of benzene rings is 1. The van der Waals surface area contributed by atoms with E-state index in [0.717, 1.165) is 25.7 Å². The molecule has 1 N–H and O–H groups in total. The zero-order valence-electron chi connectivity index (χ0n) is 18.7. The van der Waals surface area contributed by atoms with E-state index < -0.39 is 0 Å². The number of aromatic nitrogens is 1. The average Bonchev–Trinajstić information content (AvgIpc) is 3.28. The first-order valence-electron chi connectivity index (χ1n) is 12.2. The van der Waals surface area contributed by atoms with Gasteiger partial charge in [0.2, 0.25) is 5.91 Å². The number of ether oxygens (including phenoxy) is 1. The minimum Gasteiger partial charge on any atom is -0.357 e. The van der Waals surface area contributed by atoms with Crippen molar-refractivity contribution in [2.24, 2.45) is 11.3 Å². The van der Waals surface area contributed by atoms with Gasteiger partial charge in [0, 0.05) is 24.2 Å². The molecule has 3 fully saturated rings. The summed E-state index contributed by atoms with van der Waals surface area (Å²) in [6.45, 7) is 3.14. The summed E-state index contributed by atoms with van der Waals surface area (Å²) in [5, 5.41) is 5.64. The standard InChI is InChI=1S/C28H30N2O2/c1-26-10-8-22-15-21-4-7-25(31)30-17-27(21)11-12-28(22,32-27)24(26)6-5-23(26)19-3-2-18-9-13-29-16-20(18)14-19/h2-3,8-9,13-16,23-24H,4-7,10-12,17H2,1H3,(H,30,31)/t23?,24-,26?,27-,28-/m1/s1. The molecular formula is C28H30N2O2. The van der Waals surface area contributed by atoms with Crippen molar-refractivity contribution < 1.29 is 9.53 Å². The fourth-order valence-electron chi connectivity index (χ4n) is 7.99. The molecule has 1 amide bonds. The Bertz CT molecular complexity index is 1210. The van der Waals surface area contributed by atoms with Gasteiger partial charge in [-0.15, -0.1) is 0 Å². The van der Waals surface area contributed by atoms with Crippen LogP contribution in [0.5, 0.6) is 0 Å². The first-order valence-corrected chi connectivity index (χ1v) is 12.2. The molecule has 1 aromatic heterocycles. The minimum atomic E-state index is -0.283. The lowest BCUT2D eigenvalue weighted by atomic mass is 9.58. The third kappa shape index (κ3) is 2.37. The molecule has 2 bridgehead atoms. The fourth-order valence-corrected chi connectivity index (χ4v) is 7.99. The largest absolute Gasteiger partial charge is 0.357 e. The second-order valence-corrected chi connectivity index (χ2v) is 11.0. The summed E-state index contributed by atoms with van der Waals surface area (Å²) in [5.41, 5.74) is 3.92. The highest BCUT2D eigenvalue weighted by Gasteiger charge is 2.66. The van der Waals surface area contributed by atoms with Crippen molar-refractivity contribution in [1.29, 1.82) is 0 Å². The molecule has 164 valence electrons. The highest BCUT2D eigenvalue weighted by molar-refractivity contribution is 5.82. The number of fused-ring (bicyclic) bond motifs is 2. The molecule has 2 spiro atoms. The second kappa shape index (κ2) is 6.32. The van der Waals surface area contributed by atoms with E-state index in [-0.39, 0.29) is 22.5 Å². The number of amides is 1. The Kier molecular flexibility index (Phi) is 3.76. The molecule has 5 atom stereocenters. The monoisotopic (exact) mass is 426 g/mol. The first-order chi connectivity index (χ1) is 15.5. The topological polar surface area (TPSA) is 51.2 Å². The highest BCUT2D eigenvalue weighted by Crippen LogP contribution is 2.68. The van der Waals surface area contributed by atoms with Crippen molar-refractivity contribution in [3.8, 4) is 0 Å². The Morgan fingerprint density at radius 2 is 2.06 bits per heavy atom. The molecule has 2 aromatic rings. The van der Waals surface area contributed by atoms with E-state index in [0.29, 0.717) is 24.8 Å². The lowest BCUT2D eigenvalue weighted by Gasteiger charge is -2.53. The van der Waals surface area contributed by atoms with Crippen LogP contribution in [0.4, 0.5) is 0 Å². The minimum absolute atomic E-state index is 0.160. The van der Waals surface area contributed by atoms with E-state index in [4.69, 9.17) is 4.74 Å². The smallest absolute Gasteiger partial charge is 0.220 e. The number of allylic oxidation sites excluding steroid dienone is 1. The zero-order chi connectivity index (χ0) is 21.6. The molecular weight excluding hydrogens is 396 g/mol. The Hall–Kier alpha value is -2.46. The van der Waals surface area contributed by atoms with E-state index in [2.05, 4.69) is 53.6 Å². The molecule has 2 saturated heterocycles. The first kappa shape index (κ1) is 19.0. The molecule has 4 heterocycles. The zero-order valence-corrected chi connectivity index (χ0v) is 18.7. The summed E-state index contributed by atoms with van der Waals surface area (Å²) in [6, 6.07) is 9.06. The maximum Gasteiger partial charge on any atom is 0.220 e. The average molecular weight is 427 g/mol. The quantitative estimate of drug-likeness (QED) is 0.682. The molecule has 1 saturated carbocycles. The normalized spacial score (nSPS) is 40.0.